The monoisotopic (exact) mass is 430 g/mol. The largest absolute Gasteiger partial charge is 0.469 e. The van der Waals surface area contributed by atoms with Gasteiger partial charge in [-0.1, -0.05) is 0 Å². The summed E-state index contributed by atoms with van der Waals surface area (Å²) in [6, 6.07) is 3.82. The van der Waals surface area contributed by atoms with Crippen LogP contribution in [0.2, 0.25) is 0 Å². The van der Waals surface area contributed by atoms with Crippen molar-refractivity contribution in [2.24, 2.45) is 10.9 Å². The smallest absolute Gasteiger partial charge is 0.401 e. The summed E-state index contributed by atoms with van der Waals surface area (Å²) < 4.78 is 48.6. The number of alkyl halides is 3. The summed E-state index contributed by atoms with van der Waals surface area (Å²) in [4.78, 5) is 6.17. The van der Waals surface area contributed by atoms with Crippen molar-refractivity contribution in [2.45, 2.75) is 50.8 Å². The summed E-state index contributed by atoms with van der Waals surface area (Å²) in [5.74, 6) is 2.13. The molecule has 0 radical (unpaired) electrons. The van der Waals surface area contributed by atoms with Crippen molar-refractivity contribution in [1.82, 2.24) is 15.5 Å². The van der Waals surface area contributed by atoms with E-state index in [2.05, 4.69) is 15.6 Å². The SMILES string of the molecule is FC(F)(F)CN1CCC(CCNC(=NCC2CCCO2)NCCc2ccco2)CC1. The predicted octanol–water partition coefficient (Wildman–Crippen LogP) is 3.20. The first-order valence-electron chi connectivity index (χ1n) is 10.9. The molecule has 2 aliphatic heterocycles. The predicted molar refractivity (Wildman–Crippen MR) is 110 cm³/mol. The molecule has 170 valence electrons. The molecule has 0 spiro atoms. The van der Waals surface area contributed by atoms with E-state index < -0.39 is 12.7 Å². The van der Waals surface area contributed by atoms with Crippen LogP contribution in [0, 0.1) is 5.92 Å². The first-order chi connectivity index (χ1) is 14.5. The molecule has 1 atom stereocenters. The normalized spacial score (nSPS) is 21.8. The zero-order valence-electron chi connectivity index (χ0n) is 17.4. The lowest BCUT2D eigenvalue weighted by molar-refractivity contribution is -0.148. The van der Waals surface area contributed by atoms with Crippen molar-refractivity contribution < 1.29 is 22.3 Å². The molecule has 3 rings (SSSR count). The summed E-state index contributed by atoms with van der Waals surface area (Å²) in [7, 11) is 0. The van der Waals surface area contributed by atoms with Crippen molar-refractivity contribution in [1.29, 1.82) is 0 Å². The van der Waals surface area contributed by atoms with Crippen LogP contribution in [-0.4, -0.2) is 69.0 Å². The zero-order valence-corrected chi connectivity index (χ0v) is 17.4. The number of aliphatic imine (C=N–C) groups is 1. The third kappa shape index (κ3) is 8.55. The van der Waals surface area contributed by atoms with Crippen LogP contribution in [0.5, 0.6) is 0 Å². The first kappa shape index (κ1) is 22.9. The second kappa shape index (κ2) is 11.6. The number of rotatable bonds is 9. The van der Waals surface area contributed by atoms with Crippen molar-refractivity contribution in [3.05, 3.63) is 24.2 Å². The standard InChI is InChI=1S/C21H33F3N4O2/c22-21(23,24)16-28-11-7-17(8-12-28)5-9-25-20(27-15-19-4-2-14-30-19)26-10-6-18-3-1-13-29-18/h1,3,13,17,19H,2,4-12,14-16H2,(H2,25,26,27). The minimum Gasteiger partial charge on any atom is -0.469 e. The minimum absolute atomic E-state index is 0.187. The lowest BCUT2D eigenvalue weighted by Gasteiger charge is -2.32. The zero-order chi connectivity index (χ0) is 21.2. The molecule has 2 aliphatic rings. The van der Waals surface area contributed by atoms with E-state index in [4.69, 9.17) is 9.15 Å². The van der Waals surface area contributed by atoms with E-state index in [0.717, 1.165) is 63.4 Å². The van der Waals surface area contributed by atoms with E-state index >= 15 is 0 Å². The van der Waals surface area contributed by atoms with Crippen molar-refractivity contribution in [3.63, 3.8) is 0 Å². The number of guanidine groups is 1. The number of nitrogens with zero attached hydrogens (tertiary/aromatic N) is 2. The Balaban J connectivity index is 1.38. The number of nitrogens with one attached hydrogen (secondary N) is 2. The highest BCUT2D eigenvalue weighted by atomic mass is 19.4. The van der Waals surface area contributed by atoms with Gasteiger partial charge in [-0.3, -0.25) is 9.89 Å². The van der Waals surface area contributed by atoms with Crippen molar-refractivity contribution in [2.75, 3.05) is 45.9 Å². The van der Waals surface area contributed by atoms with Gasteiger partial charge in [0.15, 0.2) is 5.96 Å². The van der Waals surface area contributed by atoms with Crippen LogP contribution in [0.25, 0.3) is 0 Å². The molecule has 2 fully saturated rings. The number of hydrogen-bond acceptors (Lipinski definition) is 4. The number of halogens is 3. The van der Waals surface area contributed by atoms with Gasteiger partial charge in [-0.05, 0) is 63.2 Å². The average Bonchev–Trinajstić information content (AvgIpc) is 3.40. The molecule has 9 heteroatoms. The van der Waals surface area contributed by atoms with E-state index in [1.807, 2.05) is 12.1 Å². The molecule has 0 amide bonds. The molecule has 0 aliphatic carbocycles. The number of hydrogen-bond donors (Lipinski definition) is 2. The highest BCUT2D eigenvalue weighted by Crippen LogP contribution is 2.24. The summed E-state index contributed by atoms with van der Waals surface area (Å²) >= 11 is 0. The maximum atomic E-state index is 12.5. The minimum atomic E-state index is -4.11. The van der Waals surface area contributed by atoms with E-state index in [1.54, 1.807) is 6.26 Å². The Morgan fingerprint density at radius 2 is 1.97 bits per heavy atom. The van der Waals surface area contributed by atoms with Gasteiger partial charge in [0, 0.05) is 26.1 Å². The molecule has 1 aromatic heterocycles. The molecule has 1 unspecified atom stereocenters. The third-order valence-electron chi connectivity index (χ3n) is 5.68. The van der Waals surface area contributed by atoms with Crippen LogP contribution in [0.1, 0.15) is 37.9 Å². The Kier molecular flexibility index (Phi) is 8.87. The fraction of sp³-hybridized carbons (Fsp3) is 0.762. The Morgan fingerprint density at radius 3 is 2.63 bits per heavy atom. The fourth-order valence-electron chi connectivity index (χ4n) is 4.00. The van der Waals surface area contributed by atoms with Gasteiger partial charge >= 0.3 is 6.18 Å². The Hall–Kier alpha value is -1.74. The van der Waals surface area contributed by atoms with Gasteiger partial charge in [-0.25, -0.2) is 0 Å². The van der Waals surface area contributed by atoms with Gasteiger partial charge in [0.05, 0.1) is 25.5 Å². The van der Waals surface area contributed by atoms with E-state index in [1.165, 1.54) is 4.90 Å². The highest BCUT2D eigenvalue weighted by molar-refractivity contribution is 5.79. The molecule has 6 nitrogen and oxygen atoms in total. The van der Waals surface area contributed by atoms with Gasteiger partial charge < -0.3 is 19.8 Å². The van der Waals surface area contributed by atoms with Crippen LogP contribution in [-0.2, 0) is 11.2 Å². The second-order valence-electron chi connectivity index (χ2n) is 8.13. The van der Waals surface area contributed by atoms with Gasteiger partial charge in [0.25, 0.3) is 0 Å². The van der Waals surface area contributed by atoms with Gasteiger partial charge in [-0.15, -0.1) is 0 Å². The number of ether oxygens (including phenoxy) is 1. The summed E-state index contributed by atoms with van der Waals surface area (Å²) in [5, 5.41) is 6.72. The number of likely N-dealkylation sites (tertiary alicyclic amines) is 1. The molecule has 3 heterocycles. The average molecular weight is 431 g/mol. The molecule has 0 saturated carbocycles. The molecule has 0 aromatic carbocycles. The molecule has 1 aromatic rings. The molecule has 0 bridgehead atoms. The maximum absolute atomic E-state index is 12.5. The lowest BCUT2D eigenvalue weighted by Crippen LogP contribution is -2.42. The van der Waals surface area contributed by atoms with E-state index in [-0.39, 0.29) is 6.10 Å². The lowest BCUT2D eigenvalue weighted by atomic mass is 9.93. The molecular weight excluding hydrogens is 397 g/mol. The van der Waals surface area contributed by atoms with Crippen LogP contribution in [0.3, 0.4) is 0 Å². The molecule has 2 N–H and O–H groups in total. The third-order valence-corrected chi connectivity index (χ3v) is 5.68. The van der Waals surface area contributed by atoms with Crippen LogP contribution in [0.15, 0.2) is 27.8 Å². The fourth-order valence-corrected chi connectivity index (χ4v) is 4.00. The van der Waals surface area contributed by atoms with Crippen molar-refractivity contribution in [3.8, 4) is 0 Å². The van der Waals surface area contributed by atoms with Gasteiger partial charge in [0.2, 0.25) is 0 Å². The van der Waals surface area contributed by atoms with Crippen LogP contribution < -0.4 is 10.6 Å². The Morgan fingerprint density at radius 1 is 1.17 bits per heavy atom. The molecular formula is C21H33F3N4O2. The second-order valence-corrected chi connectivity index (χ2v) is 8.13. The Labute approximate surface area is 176 Å². The summed E-state index contributed by atoms with van der Waals surface area (Å²) in [5.41, 5.74) is 0. The molecule has 30 heavy (non-hydrogen) atoms. The summed E-state index contributed by atoms with van der Waals surface area (Å²) in [6.45, 7) is 3.14. The first-order valence-corrected chi connectivity index (χ1v) is 10.9. The Bertz CT molecular complexity index is 623. The number of piperidine rings is 1. The summed E-state index contributed by atoms with van der Waals surface area (Å²) in [6.07, 6.45) is 3.19. The quantitative estimate of drug-likeness (QED) is 0.465. The van der Waals surface area contributed by atoms with Crippen molar-refractivity contribution >= 4 is 5.96 Å². The van der Waals surface area contributed by atoms with E-state index in [0.29, 0.717) is 32.1 Å². The van der Waals surface area contributed by atoms with Crippen LogP contribution >= 0.6 is 0 Å². The van der Waals surface area contributed by atoms with Gasteiger partial charge in [0.1, 0.15) is 5.76 Å². The molecule has 2 saturated heterocycles. The highest BCUT2D eigenvalue weighted by Gasteiger charge is 2.32. The van der Waals surface area contributed by atoms with Gasteiger partial charge in [-0.2, -0.15) is 13.2 Å². The number of furan rings is 1. The van der Waals surface area contributed by atoms with E-state index in [9.17, 15) is 13.2 Å². The van der Waals surface area contributed by atoms with Crippen LogP contribution in [0.4, 0.5) is 13.2 Å². The topological polar surface area (TPSA) is 62.0 Å². The maximum Gasteiger partial charge on any atom is 0.401 e.